The first-order valence-electron chi connectivity index (χ1n) is 6.64. The Morgan fingerprint density at radius 2 is 1.96 bits per heavy atom. The van der Waals surface area contributed by atoms with E-state index in [4.69, 9.17) is 19.9 Å². The molecular formula is C13H17FN2O6S. The van der Waals surface area contributed by atoms with Crippen LogP contribution in [0.4, 0.5) is 4.39 Å². The predicted octanol–water partition coefficient (Wildman–Crippen LogP) is -0.282. The number of amides is 1. The van der Waals surface area contributed by atoms with Crippen molar-refractivity contribution in [2.75, 3.05) is 33.9 Å². The highest BCUT2D eigenvalue weighted by Crippen LogP contribution is 2.33. The fourth-order valence-corrected chi connectivity index (χ4v) is 3.67. The smallest absolute Gasteiger partial charge is 0.247 e. The Morgan fingerprint density at radius 1 is 1.35 bits per heavy atom. The number of hydrogen-bond donors (Lipinski definition) is 1. The van der Waals surface area contributed by atoms with Crippen molar-refractivity contribution in [3.8, 4) is 11.5 Å². The second-order valence-corrected chi connectivity index (χ2v) is 6.67. The van der Waals surface area contributed by atoms with Crippen LogP contribution in [-0.2, 0) is 19.6 Å². The number of hydrogen-bond acceptors (Lipinski definition) is 6. The molecule has 1 heterocycles. The molecule has 0 spiro atoms. The summed E-state index contributed by atoms with van der Waals surface area (Å²) in [6, 6.07) is 1.97. The van der Waals surface area contributed by atoms with Crippen LogP contribution < -0.4 is 15.2 Å². The molecule has 0 bridgehead atoms. The molecule has 0 aliphatic carbocycles. The van der Waals surface area contributed by atoms with Crippen LogP contribution in [0.3, 0.4) is 0 Å². The van der Waals surface area contributed by atoms with Crippen LogP contribution in [0.15, 0.2) is 17.0 Å². The van der Waals surface area contributed by atoms with Gasteiger partial charge in [-0.1, -0.05) is 0 Å². The third-order valence-electron chi connectivity index (χ3n) is 3.40. The summed E-state index contributed by atoms with van der Waals surface area (Å²) < 4.78 is 55.4. The molecular weight excluding hydrogens is 331 g/mol. The fourth-order valence-electron chi connectivity index (χ4n) is 2.19. The highest BCUT2D eigenvalue weighted by molar-refractivity contribution is 7.89. The molecule has 1 fully saturated rings. The minimum Gasteiger partial charge on any atom is -0.493 e. The molecule has 128 valence electrons. The maximum absolute atomic E-state index is 14.2. The number of benzene rings is 1. The van der Waals surface area contributed by atoms with Gasteiger partial charge in [0.25, 0.3) is 0 Å². The Labute approximate surface area is 133 Å². The molecule has 1 saturated heterocycles. The Hall–Kier alpha value is -1.91. The van der Waals surface area contributed by atoms with Gasteiger partial charge in [0, 0.05) is 25.2 Å². The molecule has 0 unspecified atom stereocenters. The van der Waals surface area contributed by atoms with Gasteiger partial charge in [-0.25, -0.2) is 12.8 Å². The molecule has 0 radical (unpaired) electrons. The molecule has 0 saturated carbocycles. The molecule has 1 atom stereocenters. The number of nitrogens with zero attached hydrogens (tertiary/aromatic N) is 1. The molecule has 0 aromatic heterocycles. The van der Waals surface area contributed by atoms with E-state index in [1.54, 1.807) is 0 Å². The summed E-state index contributed by atoms with van der Waals surface area (Å²) in [6.45, 7) is -0.299. The zero-order chi connectivity index (χ0) is 17.2. The topological polar surface area (TPSA) is 108 Å². The lowest BCUT2D eigenvalue weighted by Crippen LogP contribution is -2.50. The Bertz CT molecular complexity index is 709. The fraction of sp³-hybridized carbons (Fsp3) is 0.462. The number of morpholine rings is 1. The summed E-state index contributed by atoms with van der Waals surface area (Å²) in [5.74, 6) is -1.62. The van der Waals surface area contributed by atoms with E-state index in [1.165, 1.54) is 14.2 Å². The number of carbonyl (C=O) groups is 1. The largest absolute Gasteiger partial charge is 0.493 e. The molecule has 23 heavy (non-hydrogen) atoms. The first kappa shape index (κ1) is 17.4. The van der Waals surface area contributed by atoms with Crippen LogP contribution in [-0.4, -0.2) is 58.7 Å². The monoisotopic (exact) mass is 348 g/mol. The molecule has 1 amide bonds. The lowest BCUT2D eigenvalue weighted by Gasteiger charge is -2.30. The second-order valence-electron chi connectivity index (χ2n) is 4.76. The average Bonchev–Trinajstić information content (AvgIpc) is 2.54. The summed E-state index contributed by atoms with van der Waals surface area (Å²) in [4.78, 5) is 10.6. The normalized spacial score (nSPS) is 19.3. The Balaban J connectivity index is 2.41. The van der Waals surface area contributed by atoms with Crippen molar-refractivity contribution in [3.05, 3.63) is 17.9 Å². The van der Waals surface area contributed by atoms with Gasteiger partial charge in [-0.3, -0.25) is 4.79 Å². The van der Waals surface area contributed by atoms with Crippen molar-refractivity contribution in [3.63, 3.8) is 0 Å². The van der Waals surface area contributed by atoms with Gasteiger partial charge in [0.15, 0.2) is 11.5 Å². The number of sulfonamides is 1. The zero-order valence-electron chi connectivity index (χ0n) is 12.6. The van der Waals surface area contributed by atoms with Gasteiger partial charge in [-0.15, -0.1) is 0 Å². The SMILES string of the molecule is COc1cc(F)c(S(=O)(=O)N2CCO[C@H](C(N)=O)C2)cc1OC. The maximum atomic E-state index is 14.2. The highest BCUT2D eigenvalue weighted by Gasteiger charge is 2.35. The van der Waals surface area contributed by atoms with Crippen molar-refractivity contribution >= 4 is 15.9 Å². The van der Waals surface area contributed by atoms with E-state index in [9.17, 15) is 17.6 Å². The van der Waals surface area contributed by atoms with E-state index in [2.05, 4.69) is 0 Å². The molecule has 8 nitrogen and oxygen atoms in total. The molecule has 2 rings (SSSR count). The van der Waals surface area contributed by atoms with E-state index >= 15 is 0 Å². The van der Waals surface area contributed by atoms with Gasteiger partial charge in [-0.2, -0.15) is 4.31 Å². The van der Waals surface area contributed by atoms with Gasteiger partial charge in [0.05, 0.1) is 20.8 Å². The van der Waals surface area contributed by atoms with Gasteiger partial charge >= 0.3 is 0 Å². The Morgan fingerprint density at radius 3 is 2.52 bits per heavy atom. The van der Waals surface area contributed by atoms with Crippen molar-refractivity contribution in [1.82, 2.24) is 4.31 Å². The lowest BCUT2D eigenvalue weighted by molar-refractivity contribution is -0.132. The quantitative estimate of drug-likeness (QED) is 0.784. The second kappa shape index (κ2) is 6.69. The molecule has 1 aliphatic heterocycles. The van der Waals surface area contributed by atoms with E-state index in [0.717, 1.165) is 16.4 Å². The van der Waals surface area contributed by atoms with Gasteiger partial charge in [-0.05, 0) is 0 Å². The summed E-state index contributed by atoms with van der Waals surface area (Å²) in [5.41, 5.74) is 5.13. The first-order valence-corrected chi connectivity index (χ1v) is 8.08. The molecule has 1 aromatic carbocycles. The van der Waals surface area contributed by atoms with E-state index < -0.39 is 32.7 Å². The number of rotatable bonds is 5. The minimum atomic E-state index is -4.18. The van der Waals surface area contributed by atoms with E-state index in [-0.39, 0.29) is 31.2 Å². The molecule has 2 N–H and O–H groups in total. The van der Waals surface area contributed by atoms with Gasteiger partial charge in [0.1, 0.15) is 16.8 Å². The molecule has 10 heteroatoms. The van der Waals surface area contributed by atoms with Gasteiger partial charge < -0.3 is 19.9 Å². The van der Waals surface area contributed by atoms with Crippen molar-refractivity contribution in [2.24, 2.45) is 5.73 Å². The third-order valence-corrected chi connectivity index (χ3v) is 5.28. The van der Waals surface area contributed by atoms with E-state index in [1.807, 2.05) is 0 Å². The number of carbonyl (C=O) groups excluding carboxylic acids is 1. The van der Waals surface area contributed by atoms with E-state index in [0.29, 0.717) is 0 Å². The summed E-state index contributed by atoms with van der Waals surface area (Å²) in [6.07, 6.45) is -1.07. The van der Waals surface area contributed by atoms with Crippen molar-refractivity contribution < 1.29 is 31.8 Å². The van der Waals surface area contributed by atoms with Crippen LogP contribution in [0.5, 0.6) is 11.5 Å². The highest BCUT2D eigenvalue weighted by atomic mass is 32.2. The number of methoxy groups -OCH3 is 2. The number of halogens is 1. The van der Waals surface area contributed by atoms with Crippen LogP contribution in [0, 0.1) is 5.82 Å². The van der Waals surface area contributed by atoms with Crippen LogP contribution in [0.25, 0.3) is 0 Å². The summed E-state index contributed by atoms with van der Waals surface area (Å²) >= 11 is 0. The molecule has 1 aromatic rings. The first-order chi connectivity index (χ1) is 10.8. The average molecular weight is 348 g/mol. The number of ether oxygens (including phenoxy) is 3. The van der Waals surface area contributed by atoms with Crippen molar-refractivity contribution in [2.45, 2.75) is 11.0 Å². The van der Waals surface area contributed by atoms with Crippen LogP contribution >= 0.6 is 0 Å². The lowest BCUT2D eigenvalue weighted by atomic mass is 10.3. The Kier molecular flexibility index (Phi) is 5.07. The maximum Gasteiger partial charge on any atom is 0.247 e. The third kappa shape index (κ3) is 3.38. The zero-order valence-corrected chi connectivity index (χ0v) is 13.4. The van der Waals surface area contributed by atoms with Crippen LogP contribution in [0.2, 0.25) is 0 Å². The number of nitrogens with two attached hydrogens (primary N) is 1. The summed E-state index contributed by atoms with van der Waals surface area (Å²) in [7, 11) is -1.56. The minimum absolute atomic E-state index is 0.0122. The number of primary amides is 1. The van der Waals surface area contributed by atoms with Crippen LogP contribution in [0.1, 0.15) is 0 Å². The molecule has 1 aliphatic rings. The standard InChI is InChI=1S/C13H17FN2O6S/c1-20-9-5-8(14)12(6-10(9)21-2)23(18,19)16-3-4-22-11(7-16)13(15)17/h5-6,11H,3-4,7H2,1-2H3,(H2,15,17)/t11-/m0/s1. The predicted molar refractivity (Wildman–Crippen MR) is 77.2 cm³/mol. The van der Waals surface area contributed by atoms with Crippen molar-refractivity contribution in [1.29, 1.82) is 0 Å². The van der Waals surface area contributed by atoms with Gasteiger partial charge in [0.2, 0.25) is 15.9 Å². The summed E-state index contributed by atoms with van der Waals surface area (Å²) in [5, 5.41) is 0.